The van der Waals surface area contributed by atoms with E-state index in [1.54, 1.807) is 65.8 Å². The molecule has 304 valence electrons. The lowest BCUT2D eigenvalue weighted by atomic mass is 9.88. The highest BCUT2D eigenvalue weighted by atomic mass is 19.1. The number of rotatable bonds is 20. The van der Waals surface area contributed by atoms with Gasteiger partial charge in [0.25, 0.3) is 0 Å². The highest BCUT2D eigenvalue weighted by Gasteiger charge is 2.33. The molecule has 0 unspecified atom stereocenters. The molecule has 0 bridgehead atoms. The molecule has 2 aromatic rings. The number of hydrogen-bond acceptors (Lipinski definition) is 8. The Hall–Kier alpha value is -5.01. The Bertz CT molecular complexity index is 1570. The fourth-order valence-electron chi connectivity index (χ4n) is 5.65. The highest BCUT2D eigenvalue weighted by molar-refractivity contribution is 5.95. The van der Waals surface area contributed by atoms with Gasteiger partial charge in [0, 0.05) is 25.3 Å². The van der Waals surface area contributed by atoms with E-state index in [1.165, 1.54) is 24.3 Å². The summed E-state index contributed by atoms with van der Waals surface area (Å²) in [4.78, 5) is 78.5. The Morgan fingerprint density at radius 1 is 0.691 bits per heavy atom. The van der Waals surface area contributed by atoms with Gasteiger partial charge in [-0.2, -0.15) is 0 Å². The molecule has 5 N–H and O–H groups in total. The molecular formula is C41H59FN4O9. The molecule has 2 rings (SSSR count). The van der Waals surface area contributed by atoms with Crippen molar-refractivity contribution in [3.63, 3.8) is 0 Å². The van der Waals surface area contributed by atoms with Crippen LogP contribution in [0.4, 0.5) is 14.0 Å². The number of Topliss-reactive ketones (excluding diaryl/α,β-unsaturated/α-hetero) is 1. The summed E-state index contributed by atoms with van der Waals surface area (Å²) in [6, 6.07) is 10.8. The third-order valence-corrected chi connectivity index (χ3v) is 8.13. The van der Waals surface area contributed by atoms with Crippen molar-refractivity contribution in [1.29, 1.82) is 0 Å². The molecule has 13 nitrogen and oxygen atoms in total. The average Bonchev–Trinajstić information content (AvgIpc) is 3.06. The normalized spacial score (nSPS) is 13.8. The first-order valence-electron chi connectivity index (χ1n) is 18.7. The predicted molar refractivity (Wildman–Crippen MR) is 206 cm³/mol. The Morgan fingerprint density at radius 3 is 1.80 bits per heavy atom. The third kappa shape index (κ3) is 19.2. The zero-order chi connectivity index (χ0) is 41.3. The first kappa shape index (κ1) is 46.1. The fraction of sp³-hybridized carbons (Fsp3) is 0.561. The van der Waals surface area contributed by atoms with Gasteiger partial charge in [-0.15, -0.1) is 0 Å². The van der Waals surface area contributed by atoms with Gasteiger partial charge < -0.3 is 35.8 Å². The topological polar surface area (TPSA) is 189 Å². The molecular weight excluding hydrogens is 711 g/mol. The SMILES string of the molecule is CC(C)C[C@@H](CC(=O)[C@@H](Cc1ccccc1)NC(=O)[C@@H](Cc1ccc(F)cc1)NC(=O)OC(C)(C)C)C(=O)N[C@H](CCCCNC(=O)OC(C)(C)C)C(=O)O. The molecule has 0 saturated carbocycles. The maximum absolute atomic E-state index is 14.1. The van der Waals surface area contributed by atoms with Crippen molar-refractivity contribution in [2.75, 3.05) is 6.54 Å². The van der Waals surface area contributed by atoms with Crippen molar-refractivity contribution < 1.29 is 47.7 Å². The smallest absolute Gasteiger partial charge is 0.408 e. The van der Waals surface area contributed by atoms with Gasteiger partial charge in [-0.25, -0.2) is 18.8 Å². The van der Waals surface area contributed by atoms with Crippen LogP contribution in [0.1, 0.15) is 98.6 Å². The maximum atomic E-state index is 14.1. The van der Waals surface area contributed by atoms with Crippen molar-refractivity contribution in [2.45, 2.75) is 130 Å². The van der Waals surface area contributed by atoms with Crippen LogP contribution in [0, 0.1) is 17.7 Å². The number of halogens is 1. The zero-order valence-corrected chi connectivity index (χ0v) is 33.3. The summed E-state index contributed by atoms with van der Waals surface area (Å²) in [6.07, 6.45) is -0.523. The minimum Gasteiger partial charge on any atom is -0.480 e. The summed E-state index contributed by atoms with van der Waals surface area (Å²) >= 11 is 0. The van der Waals surface area contributed by atoms with Crippen LogP contribution in [-0.4, -0.2) is 76.7 Å². The first-order chi connectivity index (χ1) is 25.6. The molecule has 0 aliphatic heterocycles. The van der Waals surface area contributed by atoms with Crippen molar-refractivity contribution in [2.24, 2.45) is 11.8 Å². The van der Waals surface area contributed by atoms with E-state index in [0.29, 0.717) is 18.4 Å². The standard InChI is InChI=1S/C41H59FN4O9/c1-26(2)22-29(35(48)44-31(37(50)51)16-12-13-21-43-38(52)54-40(3,4)5)25-34(47)32(23-27-14-10-9-11-15-27)45-36(49)33(46-39(53)55-41(6,7)8)24-28-17-19-30(42)20-18-28/h9-11,14-15,17-20,26,29,31-33H,12-13,16,21-25H2,1-8H3,(H,43,52)(H,44,48)(H,45,49)(H,46,53)(H,50,51)/t29-,31+,32+,33+/m0/s1. The Morgan fingerprint density at radius 2 is 1.24 bits per heavy atom. The van der Waals surface area contributed by atoms with Gasteiger partial charge >= 0.3 is 18.2 Å². The fourth-order valence-corrected chi connectivity index (χ4v) is 5.65. The van der Waals surface area contributed by atoms with E-state index in [4.69, 9.17) is 9.47 Å². The highest BCUT2D eigenvalue weighted by Crippen LogP contribution is 2.20. The number of benzene rings is 2. The van der Waals surface area contributed by atoms with Crippen LogP contribution >= 0.6 is 0 Å². The number of ether oxygens (including phenoxy) is 2. The first-order valence-corrected chi connectivity index (χ1v) is 18.7. The van der Waals surface area contributed by atoms with Crippen molar-refractivity contribution >= 4 is 35.8 Å². The lowest BCUT2D eigenvalue weighted by molar-refractivity contribution is -0.143. The molecule has 0 aliphatic carbocycles. The summed E-state index contributed by atoms with van der Waals surface area (Å²) in [5, 5.41) is 20.5. The van der Waals surface area contributed by atoms with Crippen LogP contribution in [0.5, 0.6) is 0 Å². The van der Waals surface area contributed by atoms with Crippen LogP contribution in [0.25, 0.3) is 0 Å². The molecule has 0 heterocycles. The number of ketones is 1. The number of unbranched alkanes of at least 4 members (excludes halogenated alkanes) is 1. The van der Waals surface area contributed by atoms with E-state index in [2.05, 4.69) is 21.3 Å². The number of carboxylic acids is 1. The predicted octanol–water partition coefficient (Wildman–Crippen LogP) is 5.87. The van der Waals surface area contributed by atoms with Crippen LogP contribution < -0.4 is 21.3 Å². The molecule has 2 aromatic carbocycles. The van der Waals surface area contributed by atoms with E-state index >= 15 is 0 Å². The summed E-state index contributed by atoms with van der Waals surface area (Å²) in [5.74, 6) is -4.41. The number of alkyl carbamates (subject to hydrolysis) is 2. The molecule has 0 aliphatic rings. The molecule has 0 aromatic heterocycles. The summed E-state index contributed by atoms with van der Waals surface area (Å²) in [5.41, 5.74) is -0.244. The summed E-state index contributed by atoms with van der Waals surface area (Å²) in [7, 11) is 0. The van der Waals surface area contributed by atoms with E-state index in [0.717, 1.165) is 5.56 Å². The number of aliphatic carboxylic acids is 1. The van der Waals surface area contributed by atoms with E-state index < -0.39 is 76.8 Å². The van der Waals surface area contributed by atoms with Crippen LogP contribution in [0.2, 0.25) is 0 Å². The monoisotopic (exact) mass is 770 g/mol. The van der Waals surface area contributed by atoms with Crippen molar-refractivity contribution in [3.05, 3.63) is 71.5 Å². The van der Waals surface area contributed by atoms with Gasteiger partial charge in [-0.1, -0.05) is 56.3 Å². The molecule has 4 amide bonds. The number of hydrogen-bond donors (Lipinski definition) is 5. The van der Waals surface area contributed by atoms with E-state index in [-0.39, 0.29) is 44.6 Å². The van der Waals surface area contributed by atoms with E-state index in [1.807, 2.05) is 19.9 Å². The second kappa shape index (κ2) is 21.8. The number of carboxylic acid groups (broad SMARTS) is 1. The largest absolute Gasteiger partial charge is 0.480 e. The van der Waals surface area contributed by atoms with Gasteiger partial charge in [0.1, 0.15) is 29.1 Å². The quantitative estimate of drug-likeness (QED) is 0.103. The Labute approximate surface area is 323 Å². The average molecular weight is 771 g/mol. The molecule has 4 atom stereocenters. The lowest BCUT2D eigenvalue weighted by Crippen LogP contribution is -2.54. The number of carbonyl (C=O) groups is 6. The molecule has 0 fully saturated rings. The van der Waals surface area contributed by atoms with Crippen LogP contribution in [0.15, 0.2) is 54.6 Å². The zero-order valence-electron chi connectivity index (χ0n) is 33.3. The Balaban J connectivity index is 2.25. The Kier molecular flexibility index (Phi) is 18.3. The maximum Gasteiger partial charge on any atom is 0.408 e. The molecule has 0 saturated heterocycles. The van der Waals surface area contributed by atoms with Crippen molar-refractivity contribution in [3.8, 4) is 0 Å². The minimum absolute atomic E-state index is 0.0361. The van der Waals surface area contributed by atoms with Crippen molar-refractivity contribution in [1.82, 2.24) is 21.3 Å². The molecule has 14 heteroatoms. The van der Waals surface area contributed by atoms with Gasteiger partial charge in [-0.05, 0) is 103 Å². The minimum atomic E-state index is -1.23. The second-order valence-electron chi connectivity index (χ2n) is 16.1. The number of carbonyl (C=O) groups excluding carboxylic acids is 5. The van der Waals surface area contributed by atoms with Gasteiger partial charge in [-0.3, -0.25) is 14.4 Å². The molecule has 0 radical (unpaired) electrons. The summed E-state index contributed by atoms with van der Waals surface area (Å²) < 4.78 is 24.3. The van der Waals surface area contributed by atoms with Crippen LogP contribution in [-0.2, 0) is 41.5 Å². The second-order valence-corrected chi connectivity index (χ2v) is 16.1. The van der Waals surface area contributed by atoms with Gasteiger partial charge in [0.2, 0.25) is 11.8 Å². The van der Waals surface area contributed by atoms with Crippen LogP contribution in [0.3, 0.4) is 0 Å². The number of nitrogens with one attached hydrogen (secondary N) is 4. The lowest BCUT2D eigenvalue weighted by Gasteiger charge is -2.27. The van der Waals surface area contributed by atoms with Gasteiger partial charge in [0.15, 0.2) is 5.78 Å². The van der Waals surface area contributed by atoms with Gasteiger partial charge in [0.05, 0.1) is 6.04 Å². The number of amides is 4. The summed E-state index contributed by atoms with van der Waals surface area (Å²) in [6.45, 7) is 14.3. The molecule has 0 spiro atoms. The van der Waals surface area contributed by atoms with E-state index in [9.17, 15) is 38.3 Å². The molecule has 55 heavy (non-hydrogen) atoms. The third-order valence-electron chi connectivity index (χ3n) is 8.13.